The van der Waals surface area contributed by atoms with Crippen molar-refractivity contribution in [2.75, 3.05) is 6.54 Å². The smallest absolute Gasteiger partial charge is 0.274 e. The van der Waals surface area contributed by atoms with Crippen molar-refractivity contribution >= 4 is 5.91 Å². The maximum atomic E-state index is 14.1. The van der Waals surface area contributed by atoms with E-state index in [4.69, 9.17) is 5.21 Å². The van der Waals surface area contributed by atoms with E-state index >= 15 is 0 Å². The number of nitrogens with one attached hydrogen (secondary N) is 1. The molecular weight excluding hydrogens is 271 g/mol. The summed E-state index contributed by atoms with van der Waals surface area (Å²) in [7, 11) is 0. The summed E-state index contributed by atoms with van der Waals surface area (Å²) in [6.45, 7) is 1.59. The summed E-state index contributed by atoms with van der Waals surface area (Å²) in [5.74, 6) is -0.999. The number of hydrogen-bond donors (Lipinski definition) is 2. The van der Waals surface area contributed by atoms with Crippen molar-refractivity contribution in [2.45, 2.75) is 51.1 Å². The molecule has 114 valence electrons. The molecule has 1 aromatic carbocycles. The summed E-state index contributed by atoms with van der Waals surface area (Å²) < 4.78 is 14.1. The summed E-state index contributed by atoms with van der Waals surface area (Å²) >= 11 is 0. The maximum Gasteiger partial charge on any atom is 0.274 e. The molecule has 2 aliphatic rings. The molecule has 0 aromatic heterocycles. The van der Waals surface area contributed by atoms with Gasteiger partial charge in [0.25, 0.3) is 5.91 Å². The van der Waals surface area contributed by atoms with Crippen LogP contribution in [0.3, 0.4) is 0 Å². The Morgan fingerprint density at radius 3 is 2.76 bits per heavy atom. The van der Waals surface area contributed by atoms with Gasteiger partial charge in [0.05, 0.1) is 0 Å². The number of hydroxylamine groups is 1. The van der Waals surface area contributed by atoms with Gasteiger partial charge in [-0.2, -0.15) is 0 Å². The Hall–Kier alpha value is -1.46. The first-order chi connectivity index (χ1) is 10.2. The van der Waals surface area contributed by atoms with Gasteiger partial charge >= 0.3 is 0 Å². The number of halogens is 1. The van der Waals surface area contributed by atoms with Crippen LogP contribution in [0.25, 0.3) is 0 Å². The van der Waals surface area contributed by atoms with Crippen LogP contribution in [-0.2, 0) is 13.0 Å². The van der Waals surface area contributed by atoms with Gasteiger partial charge in [0.15, 0.2) is 0 Å². The largest absolute Gasteiger partial charge is 0.296 e. The fourth-order valence-electron chi connectivity index (χ4n) is 3.62. The van der Waals surface area contributed by atoms with Crippen LogP contribution in [0.1, 0.15) is 53.6 Å². The van der Waals surface area contributed by atoms with Crippen LogP contribution in [0, 0.1) is 5.82 Å². The first kappa shape index (κ1) is 14.5. The predicted octanol–water partition coefficient (Wildman–Crippen LogP) is 2.64. The summed E-state index contributed by atoms with van der Waals surface area (Å²) in [6.07, 6.45) is 6.99. The molecule has 0 atom stereocenters. The molecule has 4 nitrogen and oxygen atoms in total. The zero-order chi connectivity index (χ0) is 14.8. The number of benzene rings is 1. The topological polar surface area (TPSA) is 52.6 Å². The third-order valence-corrected chi connectivity index (χ3v) is 4.77. The third-order valence-electron chi connectivity index (χ3n) is 4.77. The standard InChI is InChI=1S/C16H21FN2O2/c17-15-9-11(16(20)18-21)8-12-10-19(7-6-14(12)15)13-4-2-1-3-5-13/h8-9,13,21H,1-7,10H2,(H,18,20). The van der Waals surface area contributed by atoms with E-state index in [1.807, 2.05) is 0 Å². The minimum atomic E-state index is -0.661. The van der Waals surface area contributed by atoms with E-state index in [0.717, 1.165) is 17.7 Å². The number of hydrogen-bond acceptors (Lipinski definition) is 3. The van der Waals surface area contributed by atoms with Gasteiger partial charge in [-0.15, -0.1) is 0 Å². The molecule has 1 fully saturated rings. The van der Waals surface area contributed by atoms with Crippen molar-refractivity contribution < 1.29 is 14.4 Å². The van der Waals surface area contributed by atoms with Crippen LogP contribution in [-0.4, -0.2) is 28.6 Å². The van der Waals surface area contributed by atoms with E-state index in [1.54, 1.807) is 11.5 Å². The van der Waals surface area contributed by atoms with Crippen LogP contribution in [0.4, 0.5) is 4.39 Å². The lowest BCUT2D eigenvalue weighted by molar-refractivity contribution is 0.0705. The molecule has 0 radical (unpaired) electrons. The first-order valence-corrected chi connectivity index (χ1v) is 7.69. The van der Waals surface area contributed by atoms with Crippen LogP contribution < -0.4 is 5.48 Å². The molecular formula is C16H21FN2O2. The van der Waals surface area contributed by atoms with Crippen molar-refractivity contribution in [2.24, 2.45) is 0 Å². The van der Waals surface area contributed by atoms with Crippen LogP contribution in [0.5, 0.6) is 0 Å². The first-order valence-electron chi connectivity index (χ1n) is 7.69. The van der Waals surface area contributed by atoms with Crippen LogP contribution >= 0.6 is 0 Å². The molecule has 21 heavy (non-hydrogen) atoms. The van der Waals surface area contributed by atoms with E-state index in [1.165, 1.54) is 38.2 Å². The average Bonchev–Trinajstić information content (AvgIpc) is 2.54. The zero-order valence-corrected chi connectivity index (χ0v) is 12.1. The lowest BCUT2D eigenvalue weighted by Crippen LogP contribution is -2.40. The normalized spacial score (nSPS) is 20.1. The molecule has 0 spiro atoms. The average molecular weight is 292 g/mol. The highest BCUT2D eigenvalue weighted by Gasteiger charge is 2.27. The zero-order valence-electron chi connectivity index (χ0n) is 12.1. The molecule has 1 saturated carbocycles. The SMILES string of the molecule is O=C(NO)c1cc(F)c2c(c1)CN(C1CCCCC1)CC2. The van der Waals surface area contributed by atoms with Gasteiger partial charge in [0.1, 0.15) is 5.82 Å². The molecule has 1 aliphatic carbocycles. The second kappa shape index (κ2) is 6.12. The maximum absolute atomic E-state index is 14.1. The van der Waals surface area contributed by atoms with Crippen molar-refractivity contribution in [3.63, 3.8) is 0 Å². The molecule has 3 rings (SSSR count). The molecule has 1 aliphatic heterocycles. The number of fused-ring (bicyclic) bond motifs is 1. The van der Waals surface area contributed by atoms with Gasteiger partial charge in [-0.25, -0.2) is 9.87 Å². The van der Waals surface area contributed by atoms with E-state index in [2.05, 4.69) is 4.90 Å². The molecule has 2 N–H and O–H groups in total. The highest BCUT2D eigenvalue weighted by Crippen LogP contribution is 2.29. The Balaban J connectivity index is 1.83. The van der Waals surface area contributed by atoms with Crippen LogP contribution in [0.15, 0.2) is 12.1 Å². The van der Waals surface area contributed by atoms with Crippen LogP contribution in [0.2, 0.25) is 0 Å². The number of amides is 1. The molecule has 1 heterocycles. The summed E-state index contributed by atoms with van der Waals surface area (Å²) in [6, 6.07) is 3.50. The number of carbonyl (C=O) groups is 1. The highest BCUT2D eigenvalue weighted by atomic mass is 19.1. The lowest BCUT2D eigenvalue weighted by atomic mass is 9.90. The predicted molar refractivity (Wildman–Crippen MR) is 76.6 cm³/mol. The molecule has 0 saturated heterocycles. The third kappa shape index (κ3) is 2.94. The van der Waals surface area contributed by atoms with E-state index in [0.29, 0.717) is 19.0 Å². The van der Waals surface area contributed by atoms with E-state index in [-0.39, 0.29) is 11.4 Å². The quantitative estimate of drug-likeness (QED) is 0.651. The minimum Gasteiger partial charge on any atom is -0.296 e. The number of carbonyl (C=O) groups excluding carboxylic acids is 1. The summed E-state index contributed by atoms with van der Waals surface area (Å²) in [5, 5.41) is 8.71. The Labute approximate surface area is 123 Å². The monoisotopic (exact) mass is 292 g/mol. The van der Waals surface area contributed by atoms with Crippen molar-refractivity contribution in [1.82, 2.24) is 10.4 Å². The van der Waals surface area contributed by atoms with Gasteiger partial charge in [0.2, 0.25) is 0 Å². The Bertz CT molecular complexity index is 541. The Kier molecular flexibility index (Phi) is 4.22. The Morgan fingerprint density at radius 1 is 1.29 bits per heavy atom. The molecule has 1 amide bonds. The molecule has 5 heteroatoms. The fraction of sp³-hybridized carbons (Fsp3) is 0.562. The van der Waals surface area contributed by atoms with Crippen molar-refractivity contribution in [3.8, 4) is 0 Å². The number of nitrogens with zero attached hydrogens (tertiary/aromatic N) is 1. The van der Waals surface area contributed by atoms with E-state index in [9.17, 15) is 9.18 Å². The van der Waals surface area contributed by atoms with Gasteiger partial charge in [0, 0.05) is 24.7 Å². The second-order valence-corrected chi connectivity index (χ2v) is 6.05. The molecule has 1 aromatic rings. The summed E-state index contributed by atoms with van der Waals surface area (Å²) in [4.78, 5) is 13.9. The van der Waals surface area contributed by atoms with Crippen molar-refractivity contribution in [1.29, 1.82) is 0 Å². The summed E-state index contributed by atoms with van der Waals surface area (Å²) in [5.41, 5.74) is 3.35. The molecule has 0 bridgehead atoms. The highest BCUT2D eigenvalue weighted by molar-refractivity contribution is 5.93. The second-order valence-electron chi connectivity index (χ2n) is 6.05. The van der Waals surface area contributed by atoms with Gasteiger partial charge in [-0.05, 0) is 42.5 Å². The lowest BCUT2D eigenvalue weighted by Gasteiger charge is -2.37. The molecule has 0 unspecified atom stereocenters. The van der Waals surface area contributed by atoms with Crippen molar-refractivity contribution in [3.05, 3.63) is 34.6 Å². The fourth-order valence-corrected chi connectivity index (χ4v) is 3.62. The van der Waals surface area contributed by atoms with E-state index < -0.39 is 5.91 Å². The van der Waals surface area contributed by atoms with Gasteiger partial charge in [-0.3, -0.25) is 14.9 Å². The Morgan fingerprint density at radius 2 is 2.05 bits per heavy atom. The minimum absolute atomic E-state index is 0.180. The number of rotatable bonds is 2. The van der Waals surface area contributed by atoms with Gasteiger partial charge < -0.3 is 0 Å². The van der Waals surface area contributed by atoms with Gasteiger partial charge in [-0.1, -0.05) is 19.3 Å².